The van der Waals surface area contributed by atoms with E-state index in [1.165, 1.54) is 0 Å². The Hall–Kier alpha value is -1.26. The van der Waals surface area contributed by atoms with Crippen LogP contribution in [0.5, 0.6) is 0 Å². The van der Waals surface area contributed by atoms with Gasteiger partial charge in [-0.1, -0.05) is 6.92 Å². The highest BCUT2D eigenvalue weighted by Gasteiger charge is 2.21. The van der Waals surface area contributed by atoms with Gasteiger partial charge in [-0.3, -0.25) is 0 Å². The molecule has 1 nitrogen and oxygen atoms in total. The third-order valence-corrected chi connectivity index (χ3v) is 4.44. The lowest BCUT2D eigenvalue weighted by atomic mass is 10.00. The van der Waals surface area contributed by atoms with E-state index in [4.69, 9.17) is 0 Å². The summed E-state index contributed by atoms with van der Waals surface area (Å²) in [6.45, 7) is 6.53. The molecule has 1 aromatic heterocycles. The SMILES string of the molecule is CCCNC(c1cc(C)c(F)cc1F)c1sccc1C. The molecule has 0 bridgehead atoms. The summed E-state index contributed by atoms with van der Waals surface area (Å²) in [5, 5.41) is 5.36. The highest BCUT2D eigenvalue weighted by molar-refractivity contribution is 7.10. The minimum atomic E-state index is -0.497. The molecule has 1 N–H and O–H groups in total. The Kier molecular flexibility index (Phi) is 4.89. The molecular weight excluding hydrogens is 276 g/mol. The van der Waals surface area contributed by atoms with Crippen LogP contribution in [0, 0.1) is 25.5 Å². The fourth-order valence-corrected chi connectivity index (χ4v) is 3.23. The van der Waals surface area contributed by atoms with Crippen molar-refractivity contribution in [3.05, 3.63) is 56.8 Å². The maximum atomic E-state index is 14.2. The van der Waals surface area contributed by atoms with Crippen LogP contribution in [0.3, 0.4) is 0 Å². The number of hydrogen-bond donors (Lipinski definition) is 1. The Labute approximate surface area is 122 Å². The van der Waals surface area contributed by atoms with E-state index in [9.17, 15) is 8.78 Å². The molecule has 2 rings (SSSR count). The standard InChI is InChI=1S/C16H19F2NS/c1-4-6-19-15(16-10(2)5-7-20-16)12-8-11(3)13(17)9-14(12)18/h5,7-9,15,19H,4,6H2,1-3H3. The molecule has 1 unspecified atom stereocenters. The lowest BCUT2D eigenvalue weighted by Gasteiger charge is -2.20. The zero-order chi connectivity index (χ0) is 14.7. The largest absolute Gasteiger partial charge is 0.306 e. The quantitative estimate of drug-likeness (QED) is 0.840. The van der Waals surface area contributed by atoms with Gasteiger partial charge >= 0.3 is 0 Å². The summed E-state index contributed by atoms with van der Waals surface area (Å²) in [7, 11) is 0. The number of rotatable bonds is 5. The lowest BCUT2D eigenvalue weighted by Crippen LogP contribution is -2.24. The zero-order valence-electron chi connectivity index (χ0n) is 12.0. The van der Waals surface area contributed by atoms with Crippen LogP contribution in [0.1, 0.15) is 41.0 Å². The molecule has 0 aliphatic carbocycles. The summed E-state index contributed by atoms with van der Waals surface area (Å²) in [5.41, 5.74) is 2.12. The normalized spacial score (nSPS) is 12.7. The highest BCUT2D eigenvalue weighted by Crippen LogP contribution is 2.32. The van der Waals surface area contributed by atoms with Gasteiger partial charge in [0.2, 0.25) is 0 Å². The molecule has 20 heavy (non-hydrogen) atoms. The Morgan fingerprint density at radius 3 is 2.50 bits per heavy atom. The summed E-state index contributed by atoms with van der Waals surface area (Å²) >= 11 is 1.60. The van der Waals surface area contributed by atoms with Gasteiger partial charge in [-0.05, 0) is 55.5 Å². The van der Waals surface area contributed by atoms with Crippen molar-refractivity contribution in [3.8, 4) is 0 Å². The van der Waals surface area contributed by atoms with E-state index in [0.29, 0.717) is 11.1 Å². The fraction of sp³-hybridized carbons (Fsp3) is 0.375. The molecule has 0 amide bonds. The Morgan fingerprint density at radius 1 is 1.15 bits per heavy atom. The molecule has 0 fully saturated rings. The van der Waals surface area contributed by atoms with Gasteiger partial charge < -0.3 is 5.32 Å². The fourth-order valence-electron chi connectivity index (χ4n) is 2.21. The van der Waals surface area contributed by atoms with Gasteiger partial charge in [0.25, 0.3) is 0 Å². The molecular formula is C16H19F2NS. The van der Waals surface area contributed by atoms with Crippen LogP contribution in [-0.2, 0) is 0 Å². The lowest BCUT2D eigenvalue weighted by molar-refractivity contribution is 0.532. The first-order valence-electron chi connectivity index (χ1n) is 6.77. The summed E-state index contributed by atoms with van der Waals surface area (Å²) < 4.78 is 27.6. The zero-order valence-corrected chi connectivity index (χ0v) is 12.8. The van der Waals surface area contributed by atoms with Gasteiger partial charge in [0.05, 0.1) is 6.04 Å². The van der Waals surface area contributed by atoms with Crippen molar-refractivity contribution in [3.63, 3.8) is 0 Å². The van der Waals surface area contributed by atoms with Crippen LogP contribution in [0.4, 0.5) is 8.78 Å². The van der Waals surface area contributed by atoms with Crippen LogP contribution < -0.4 is 5.32 Å². The maximum Gasteiger partial charge on any atom is 0.131 e. The monoisotopic (exact) mass is 295 g/mol. The van der Waals surface area contributed by atoms with Gasteiger partial charge in [-0.2, -0.15) is 0 Å². The van der Waals surface area contributed by atoms with E-state index in [1.54, 1.807) is 24.3 Å². The number of halogens is 2. The molecule has 2 aromatic rings. The molecule has 1 atom stereocenters. The summed E-state index contributed by atoms with van der Waals surface area (Å²) in [4.78, 5) is 1.09. The van der Waals surface area contributed by atoms with Crippen molar-refractivity contribution >= 4 is 11.3 Å². The number of aryl methyl sites for hydroxylation is 2. The number of thiophene rings is 1. The minimum absolute atomic E-state index is 0.214. The molecule has 0 aliphatic rings. The smallest absolute Gasteiger partial charge is 0.131 e. The van der Waals surface area contributed by atoms with Gasteiger partial charge in [-0.25, -0.2) is 8.78 Å². The summed E-state index contributed by atoms with van der Waals surface area (Å²) in [6.07, 6.45) is 0.961. The molecule has 0 saturated heterocycles. The van der Waals surface area contributed by atoms with Gasteiger partial charge in [0.15, 0.2) is 0 Å². The molecule has 1 aromatic carbocycles. The minimum Gasteiger partial charge on any atom is -0.306 e. The number of benzene rings is 1. The van der Waals surface area contributed by atoms with E-state index in [2.05, 4.69) is 12.2 Å². The Morgan fingerprint density at radius 2 is 1.90 bits per heavy atom. The first-order chi connectivity index (χ1) is 9.54. The van der Waals surface area contributed by atoms with E-state index in [0.717, 1.165) is 29.5 Å². The number of nitrogens with one attached hydrogen (secondary N) is 1. The summed E-state index contributed by atoms with van der Waals surface area (Å²) in [5.74, 6) is -0.988. The number of hydrogen-bond acceptors (Lipinski definition) is 2. The summed E-state index contributed by atoms with van der Waals surface area (Å²) in [6, 6.07) is 4.40. The molecule has 0 aliphatic heterocycles. The van der Waals surface area contributed by atoms with Crippen molar-refractivity contribution in [2.75, 3.05) is 6.54 Å². The van der Waals surface area contributed by atoms with E-state index >= 15 is 0 Å². The van der Waals surface area contributed by atoms with E-state index in [1.807, 2.05) is 18.4 Å². The first kappa shape index (κ1) is 15.1. The van der Waals surface area contributed by atoms with Crippen molar-refractivity contribution in [1.29, 1.82) is 0 Å². The average Bonchev–Trinajstić information content (AvgIpc) is 2.82. The average molecular weight is 295 g/mol. The van der Waals surface area contributed by atoms with E-state index in [-0.39, 0.29) is 6.04 Å². The molecule has 4 heteroatoms. The van der Waals surface area contributed by atoms with Crippen LogP contribution in [0.2, 0.25) is 0 Å². The second-order valence-corrected chi connectivity index (χ2v) is 5.93. The van der Waals surface area contributed by atoms with E-state index < -0.39 is 11.6 Å². The molecule has 0 spiro atoms. The Bertz CT molecular complexity index is 592. The molecule has 1 heterocycles. The van der Waals surface area contributed by atoms with Crippen LogP contribution >= 0.6 is 11.3 Å². The molecule has 108 valence electrons. The maximum absolute atomic E-state index is 14.2. The third kappa shape index (κ3) is 3.07. The van der Waals surface area contributed by atoms with Gasteiger partial charge in [0, 0.05) is 16.5 Å². The highest BCUT2D eigenvalue weighted by atomic mass is 32.1. The Balaban J connectivity index is 2.46. The van der Waals surface area contributed by atoms with Gasteiger partial charge in [-0.15, -0.1) is 11.3 Å². The second-order valence-electron chi connectivity index (χ2n) is 4.98. The van der Waals surface area contributed by atoms with Crippen molar-refractivity contribution in [2.24, 2.45) is 0 Å². The second kappa shape index (κ2) is 6.46. The molecule has 0 saturated carbocycles. The van der Waals surface area contributed by atoms with Gasteiger partial charge in [0.1, 0.15) is 11.6 Å². The van der Waals surface area contributed by atoms with Crippen LogP contribution in [0.15, 0.2) is 23.6 Å². The van der Waals surface area contributed by atoms with Crippen LogP contribution in [-0.4, -0.2) is 6.54 Å². The van der Waals surface area contributed by atoms with Crippen molar-refractivity contribution < 1.29 is 8.78 Å². The first-order valence-corrected chi connectivity index (χ1v) is 7.65. The van der Waals surface area contributed by atoms with Crippen LogP contribution in [0.25, 0.3) is 0 Å². The predicted molar refractivity (Wildman–Crippen MR) is 80.3 cm³/mol. The van der Waals surface area contributed by atoms with Crippen molar-refractivity contribution in [2.45, 2.75) is 33.2 Å². The third-order valence-electron chi connectivity index (χ3n) is 3.35. The predicted octanol–water partition coefficient (Wildman–Crippen LogP) is 4.73. The topological polar surface area (TPSA) is 12.0 Å². The molecule has 0 radical (unpaired) electrons. The van der Waals surface area contributed by atoms with Crippen molar-refractivity contribution in [1.82, 2.24) is 5.32 Å².